The fraction of sp³-hybridized carbons (Fsp3) is 0.0909. The van der Waals surface area contributed by atoms with Gasteiger partial charge in [-0.25, -0.2) is 9.78 Å². The maximum Gasteiger partial charge on any atom is 0.357 e. The van der Waals surface area contributed by atoms with E-state index in [9.17, 15) is 4.79 Å². The average molecular weight is 313 g/mol. The topological polar surface area (TPSA) is 62.2 Å². The van der Waals surface area contributed by atoms with Gasteiger partial charge in [0.05, 0.1) is 5.51 Å². The van der Waals surface area contributed by atoms with Gasteiger partial charge in [-0.15, -0.1) is 11.3 Å². The number of aromatic carboxylic acids is 1. The first-order chi connectivity index (χ1) is 8.16. The molecular weight excluding hydrogens is 304 g/mol. The molecule has 1 heterocycles. The maximum atomic E-state index is 10.8. The van der Waals surface area contributed by atoms with Crippen LogP contribution in [-0.2, 0) is 6.54 Å². The standard InChI is InChI=1S/C11H9BrN2O2S/c12-8-3-1-7(2-4-8)5-13-10-9(11(15)16)14-6-17-10/h1-4,6,13H,5H2,(H,15,16). The summed E-state index contributed by atoms with van der Waals surface area (Å²) in [4.78, 5) is 14.6. The smallest absolute Gasteiger partial charge is 0.357 e. The number of rotatable bonds is 4. The molecule has 2 N–H and O–H groups in total. The summed E-state index contributed by atoms with van der Waals surface area (Å²) in [7, 11) is 0. The summed E-state index contributed by atoms with van der Waals surface area (Å²) in [5.41, 5.74) is 2.68. The number of carboxylic acid groups (broad SMARTS) is 1. The van der Waals surface area contributed by atoms with Crippen molar-refractivity contribution in [1.82, 2.24) is 4.98 Å². The predicted octanol–water partition coefficient (Wildman–Crippen LogP) is 3.22. The highest BCUT2D eigenvalue weighted by Gasteiger charge is 2.12. The molecule has 4 nitrogen and oxygen atoms in total. The largest absolute Gasteiger partial charge is 0.476 e. The van der Waals surface area contributed by atoms with Crippen LogP contribution in [0.5, 0.6) is 0 Å². The van der Waals surface area contributed by atoms with Gasteiger partial charge in [0.2, 0.25) is 0 Å². The Hall–Kier alpha value is -1.40. The molecule has 0 unspecified atom stereocenters. The Morgan fingerprint density at radius 1 is 1.41 bits per heavy atom. The first-order valence-corrected chi connectivity index (χ1v) is 6.49. The molecule has 17 heavy (non-hydrogen) atoms. The fourth-order valence-electron chi connectivity index (χ4n) is 1.31. The van der Waals surface area contributed by atoms with E-state index in [0.717, 1.165) is 10.0 Å². The third-order valence-electron chi connectivity index (χ3n) is 2.14. The Kier molecular flexibility index (Phi) is 3.75. The van der Waals surface area contributed by atoms with Crippen molar-refractivity contribution in [2.75, 3.05) is 5.32 Å². The van der Waals surface area contributed by atoms with E-state index < -0.39 is 5.97 Å². The number of nitrogens with one attached hydrogen (secondary N) is 1. The minimum absolute atomic E-state index is 0.0760. The minimum atomic E-state index is -1.01. The molecule has 0 atom stereocenters. The monoisotopic (exact) mass is 312 g/mol. The van der Waals surface area contributed by atoms with Gasteiger partial charge in [-0.1, -0.05) is 28.1 Å². The van der Waals surface area contributed by atoms with E-state index in [2.05, 4.69) is 26.2 Å². The Morgan fingerprint density at radius 2 is 2.12 bits per heavy atom. The van der Waals surface area contributed by atoms with Gasteiger partial charge in [-0.05, 0) is 17.7 Å². The number of thiazole rings is 1. The number of hydrogen-bond donors (Lipinski definition) is 2. The third-order valence-corrected chi connectivity index (χ3v) is 3.45. The SMILES string of the molecule is O=C(O)c1ncsc1NCc1ccc(Br)cc1. The molecule has 0 radical (unpaired) electrons. The number of carboxylic acids is 1. The first-order valence-electron chi connectivity index (χ1n) is 4.82. The number of aromatic nitrogens is 1. The third kappa shape index (κ3) is 3.04. The zero-order valence-corrected chi connectivity index (χ0v) is 11.1. The van der Waals surface area contributed by atoms with E-state index >= 15 is 0 Å². The summed E-state index contributed by atoms with van der Waals surface area (Å²) >= 11 is 4.65. The second-order valence-electron chi connectivity index (χ2n) is 3.32. The van der Waals surface area contributed by atoms with Gasteiger partial charge in [-0.3, -0.25) is 0 Å². The molecule has 88 valence electrons. The molecule has 2 rings (SSSR count). The Labute approximate surface area is 110 Å². The molecule has 0 saturated heterocycles. The lowest BCUT2D eigenvalue weighted by molar-refractivity contribution is 0.0692. The van der Waals surface area contributed by atoms with Crippen molar-refractivity contribution < 1.29 is 9.90 Å². The lowest BCUT2D eigenvalue weighted by Gasteiger charge is -2.04. The van der Waals surface area contributed by atoms with E-state index in [0.29, 0.717) is 11.5 Å². The second-order valence-corrected chi connectivity index (χ2v) is 5.09. The van der Waals surface area contributed by atoms with Crippen LogP contribution in [0.3, 0.4) is 0 Å². The molecule has 0 aliphatic rings. The molecule has 0 spiro atoms. The zero-order valence-electron chi connectivity index (χ0n) is 8.68. The summed E-state index contributed by atoms with van der Waals surface area (Å²) in [6.45, 7) is 0.579. The van der Waals surface area contributed by atoms with E-state index in [1.807, 2.05) is 24.3 Å². The Bertz CT molecular complexity index is 525. The maximum absolute atomic E-state index is 10.8. The molecule has 6 heteroatoms. The highest BCUT2D eigenvalue weighted by Crippen LogP contribution is 2.21. The number of carbonyl (C=O) groups is 1. The quantitative estimate of drug-likeness (QED) is 0.910. The van der Waals surface area contributed by atoms with Crippen LogP contribution in [-0.4, -0.2) is 16.1 Å². The van der Waals surface area contributed by atoms with Crippen LogP contribution in [0.2, 0.25) is 0 Å². The Balaban J connectivity index is 2.05. The highest BCUT2D eigenvalue weighted by molar-refractivity contribution is 9.10. The van der Waals surface area contributed by atoms with Gasteiger partial charge in [0.1, 0.15) is 5.00 Å². The number of nitrogens with zero attached hydrogens (tertiary/aromatic N) is 1. The van der Waals surface area contributed by atoms with E-state index in [-0.39, 0.29) is 5.69 Å². The molecule has 0 fully saturated rings. The van der Waals surface area contributed by atoms with Crippen LogP contribution in [0.1, 0.15) is 16.1 Å². The van der Waals surface area contributed by atoms with Crippen molar-refractivity contribution in [3.63, 3.8) is 0 Å². The summed E-state index contributed by atoms with van der Waals surface area (Å²) in [5, 5.41) is 12.5. The van der Waals surface area contributed by atoms with Crippen molar-refractivity contribution in [3.05, 3.63) is 45.5 Å². The zero-order chi connectivity index (χ0) is 12.3. The van der Waals surface area contributed by atoms with Crippen molar-refractivity contribution >= 4 is 38.2 Å². The van der Waals surface area contributed by atoms with Gasteiger partial charge in [0, 0.05) is 11.0 Å². The molecule has 2 aromatic rings. The molecule has 0 saturated carbocycles. The summed E-state index contributed by atoms with van der Waals surface area (Å²) in [6, 6.07) is 7.83. The van der Waals surface area contributed by atoms with E-state index in [1.54, 1.807) is 0 Å². The molecule has 0 bridgehead atoms. The second kappa shape index (κ2) is 5.29. The van der Waals surface area contributed by atoms with Gasteiger partial charge in [0.25, 0.3) is 0 Å². The summed E-state index contributed by atoms with van der Waals surface area (Å²) in [6.07, 6.45) is 0. The van der Waals surface area contributed by atoms with Crippen LogP contribution in [0.15, 0.2) is 34.2 Å². The lowest BCUT2D eigenvalue weighted by atomic mass is 10.2. The molecular formula is C11H9BrN2O2S. The van der Waals surface area contributed by atoms with Crippen LogP contribution in [0, 0.1) is 0 Å². The van der Waals surface area contributed by atoms with Crippen molar-refractivity contribution in [1.29, 1.82) is 0 Å². The molecule has 1 aromatic heterocycles. The Morgan fingerprint density at radius 3 is 2.76 bits per heavy atom. The molecule has 0 amide bonds. The summed E-state index contributed by atoms with van der Waals surface area (Å²) in [5.74, 6) is -1.01. The van der Waals surface area contributed by atoms with Crippen molar-refractivity contribution in [3.8, 4) is 0 Å². The minimum Gasteiger partial charge on any atom is -0.476 e. The van der Waals surface area contributed by atoms with Crippen LogP contribution in [0.4, 0.5) is 5.00 Å². The van der Waals surface area contributed by atoms with Gasteiger partial charge in [0.15, 0.2) is 5.69 Å². The van der Waals surface area contributed by atoms with Crippen molar-refractivity contribution in [2.45, 2.75) is 6.54 Å². The van der Waals surface area contributed by atoms with Gasteiger partial charge < -0.3 is 10.4 Å². The number of halogens is 1. The number of benzene rings is 1. The fourth-order valence-corrected chi connectivity index (χ4v) is 2.24. The average Bonchev–Trinajstić information content (AvgIpc) is 2.76. The normalized spacial score (nSPS) is 10.2. The van der Waals surface area contributed by atoms with Gasteiger partial charge in [-0.2, -0.15) is 0 Å². The molecule has 0 aliphatic heterocycles. The molecule has 1 aromatic carbocycles. The number of hydrogen-bond acceptors (Lipinski definition) is 4. The highest BCUT2D eigenvalue weighted by atomic mass is 79.9. The predicted molar refractivity (Wildman–Crippen MR) is 70.5 cm³/mol. The van der Waals surface area contributed by atoms with Gasteiger partial charge >= 0.3 is 5.97 Å². The van der Waals surface area contributed by atoms with Crippen LogP contribution < -0.4 is 5.32 Å². The van der Waals surface area contributed by atoms with Crippen LogP contribution >= 0.6 is 27.3 Å². The van der Waals surface area contributed by atoms with Crippen LogP contribution in [0.25, 0.3) is 0 Å². The summed E-state index contributed by atoms with van der Waals surface area (Å²) < 4.78 is 1.02. The van der Waals surface area contributed by atoms with E-state index in [4.69, 9.17) is 5.11 Å². The molecule has 0 aliphatic carbocycles. The van der Waals surface area contributed by atoms with Crippen molar-refractivity contribution in [2.24, 2.45) is 0 Å². The number of anilines is 1. The first kappa shape index (κ1) is 12.1. The lowest BCUT2D eigenvalue weighted by Crippen LogP contribution is -2.04. The van der Waals surface area contributed by atoms with E-state index in [1.165, 1.54) is 16.8 Å².